The Morgan fingerprint density at radius 1 is 1.32 bits per heavy atom. The molecule has 2 heterocycles. The fourth-order valence-electron chi connectivity index (χ4n) is 3.19. The maximum absolute atomic E-state index is 11.6. The number of para-hydroxylation sites is 1. The number of piperidine rings is 1. The molecule has 0 aliphatic carbocycles. The van der Waals surface area contributed by atoms with Gasteiger partial charge in [-0.05, 0) is 44.5 Å². The van der Waals surface area contributed by atoms with Crippen molar-refractivity contribution in [3.05, 3.63) is 29.7 Å². The minimum Gasteiger partial charge on any atom is -0.440 e. The van der Waals surface area contributed by atoms with Gasteiger partial charge in [0.15, 0.2) is 11.5 Å². The molecule has 0 saturated carbocycles. The number of urea groups is 1. The van der Waals surface area contributed by atoms with E-state index in [1.807, 2.05) is 25.1 Å². The highest BCUT2D eigenvalue weighted by molar-refractivity contribution is 5.94. The van der Waals surface area contributed by atoms with Crippen molar-refractivity contribution in [1.82, 2.24) is 20.5 Å². The third-order valence-electron chi connectivity index (χ3n) is 4.70. The molecule has 0 bridgehead atoms. The minimum absolute atomic E-state index is 0.254. The number of aryl methyl sites for hydroxylation is 1. The van der Waals surface area contributed by atoms with Gasteiger partial charge in [0.1, 0.15) is 5.52 Å². The van der Waals surface area contributed by atoms with Gasteiger partial charge in [0.25, 0.3) is 0 Å². The Morgan fingerprint density at radius 3 is 2.76 bits per heavy atom. The third-order valence-corrected chi connectivity index (χ3v) is 4.70. The van der Waals surface area contributed by atoms with Crippen molar-refractivity contribution in [2.75, 3.05) is 26.7 Å². The number of hydrogen-bond donors (Lipinski definition) is 2. The minimum atomic E-state index is -0.463. The molecule has 1 saturated heterocycles. The van der Waals surface area contributed by atoms with Crippen LogP contribution in [0.3, 0.4) is 0 Å². The highest BCUT2D eigenvalue weighted by Gasteiger charge is 2.25. The number of likely N-dealkylation sites (tertiary alicyclic amines) is 1. The average molecular weight is 344 g/mol. The molecule has 0 atom stereocenters. The van der Waals surface area contributed by atoms with E-state index in [1.54, 1.807) is 0 Å². The van der Waals surface area contributed by atoms with E-state index in [0.717, 1.165) is 48.5 Å². The zero-order valence-electron chi connectivity index (χ0n) is 14.7. The van der Waals surface area contributed by atoms with Crippen LogP contribution in [-0.2, 0) is 4.79 Å². The van der Waals surface area contributed by atoms with Gasteiger partial charge in [-0.2, -0.15) is 0 Å². The Balaban J connectivity index is 1.50. The van der Waals surface area contributed by atoms with E-state index in [-0.39, 0.29) is 5.91 Å². The fraction of sp³-hybridized carbons (Fsp3) is 0.500. The van der Waals surface area contributed by atoms with Gasteiger partial charge in [-0.15, -0.1) is 0 Å². The second-order valence-electron chi connectivity index (χ2n) is 6.47. The second kappa shape index (κ2) is 7.65. The van der Waals surface area contributed by atoms with Crippen LogP contribution in [0.15, 0.2) is 22.6 Å². The summed E-state index contributed by atoms with van der Waals surface area (Å²) in [5, 5.41) is 4.65. The summed E-state index contributed by atoms with van der Waals surface area (Å²) in [7, 11) is 1.49. The Hall–Kier alpha value is -2.41. The van der Waals surface area contributed by atoms with Crippen LogP contribution in [-0.4, -0.2) is 48.5 Å². The van der Waals surface area contributed by atoms with Gasteiger partial charge in [-0.3, -0.25) is 10.1 Å². The molecule has 3 amide bonds. The number of oxazole rings is 1. The molecule has 0 radical (unpaired) electrons. The van der Waals surface area contributed by atoms with Gasteiger partial charge in [0.05, 0.1) is 0 Å². The van der Waals surface area contributed by atoms with Crippen LogP contribution in [0.25, 0.3) is 11.1 Å². The Morgan fingerprint density at radius 2 is 2.08 bits per heavy atom. The molecular formula is C18H24N4O3. The van der Waals surface area contributed by atoms with E-state index in [4.69, 9.17) is 4.42 Å². The molecule has 7 heteroatoms. The molecule has 2 aromatic rings. The number of carbonyl (C=O) groups excluding carboxylic acids is 2. The first-order chi connectivity index (χ1) is 12.1. The lowest BCUT2D eigenvalue weighted by atomic mass is 9.96. The molecule has 1 aromatic carbocycles. The van der Waals surface area contributed by atoms with Crippen LogP contribution in [0.4, 0.5) is 4.79 Å². The molecule has 25 heavy (non-hydrogen) atoms. The monoisotopic (exact) mass is 344 g/mol. The molecule has 1 aliphatic heterocycles. The van der Waals surface area contributed by atoms with Crippen molar-refractivity contribution in [3.8, 4) is 0 Å². The van der Waals surface area contributed by atoms with E-state index in [0.29, 0.717) is 18.9 Å². The summed E-state index contributed by atoms with van der Waals surface area (Å²) in [6.45, 7) is 4.48. The molecule has 1 aliphatic rings. The first-order valence-electron chi connectivity index (χ1n) is 8.67. The molecule has 3 rings (SSSR count). The Bertz CT molecular complexity index is 763. The van der Waals surface area contributed by atoms with Crippen LogP contribution in [0.1, 0.15) is 36.6 Å². The maximum atomic E-state index is 11.6. The van der Waals surface area contributed by atoms with Gasteiger partial charge in [0, 0.05) is 25.9 Å². The molecule has 0 spiro atoms. The number of rotatable bonds is 4. The SMILES string of the molecule is CNC(=O)NC(=O)CCN1CCC(c2nc3cccc(C)c3o2)CC1. The topological polar surface area (TPSA) is 87.5 Å². The van der Waals surface area contributed by atoms with E-state index < -0.39 is 6.03 Å². The summed E-state index contributed by atoms with van der Waals surface area (Å²) in [6, 6.07) is 5.55. The number of aromatic nitrogens is 1. The second-order valence-corrected chi connectivity index (χ2v) is 6.47. The molecule has 2 N–H and O–H groups in total. The first kappa shape index (κ1) is 17.4. The van der Waals surface area contributed by atoms with Gasteiger partial charge in [0.2, 0.25) is 5.91 Å². The predicted molar refractivity (Wildman–Crippen MR) is 94.4 cm³/mol. The molecule has 7 nitrogen and oxygen atoms in total. The molecule has 1 fully saturated rings. The average Bonchev–Trinajstić information content (AvgIpc) is 3.06. The van der Waals surface area contributed by atoms with Crippen molar-refractivity contribution in [2.45, 2.75) is 32.1 Å². The zero-order chi connectivity index (χ0) is 17.8. The van der Waals surface area contributed by atoms with E-state index in [1.165, 1.54) is 7.05 Å². The Labute approximate surface area is 146 Å². The standard InChI is InChI=1S/C18H24N4O3/c1-12-4-3-5-14-16(12)25-17(20-14)13-6-9-22(10-7-13)11-8-15(23)21-18(24)19-2/h3-5,13H,6-11H2,1-2H3,(H2,19,21,23,24). The van der Waals surface area contributed by atoms with Gasteiger partial charge in [-0.25, -0.2) is 9.78 Å². The molecule has 134 valence electrons. The highest BCUT2D eigenvalue weighted by Crippen LogP contribution is 2.30. The smallest absolute Gasteiger partial charge is 0.321 e. The lowest BCUT2D eigenvalue weighted by Gasteiger charge is -2.30. The van der Waals surface area contributed by atoms with E-state index in [2.05, 4.69) is 20.5 Å². The van der Waals surface area contributed by atoms with Gasteiger partial charge < -0.3 is 14.6 Å². The number of fused-ring (bicyclic) bond motifs is 1. The van der Waals surface area contributed by atoms with Crippen LogP contribution in [0.5, 0.6) is 0 Å². The van der Waals surface area contributed by atoms with E-state index >= 15 is 0 Å². The number of nitrogens with zero attached hydrogens (tertiary/aromatic N) is 2. The van der Waals surface area contributed by atoms with Crippen molar-refractivity contribution >= 4 is 23.0 Å². The number of amides is 3. The number of carbonyl (C=O) groups is 2. The summed E-state index contributed by atoms with van der Waals surface area (Å²) in [5.74, 6) is 0.889. The van der Waals surface area contributed by atoms with Crippen LogP contribution in [0.2, 0.25) is 0 Å². The van der Waals surface area contributed by atoms with Crippen molar-refractivity contribution < 1.29 is 14.0 Å². The zero-order valence-corrected chi connectivity index (χ0v) is 14.7. The van der Waals surface area contributed by atoms with Crippen LogP contribution >= 0.6 is 0 Å². The van der Waals surface area contributed by atoms with Crippen LogP contribution in [0, 0.1) is 6.92 Å². The van der Waals surface area contributed by atoms with E-state index in [9.17, 15) is 9.59 Å². The highest BCUT2D eigenvalue weighted by atomic mass is 16.3. The van der Waals surface area contributed by atoms with Crippen molar-refractivity contribution in [3.63, 3.8) is 0 Å². The molecule has 0 unspecified atom stereocenters. The fourth-order valence-corrected chi connectivity index (χ4v) is 3.19. The quantitative estimate of drug-likeness (QED) is 0.887. The summed E-state index contributed by atoms with van der Waals surface area (Å²) in [6.07, 6.45) is 2.24. The summed E-state index contributed by atoms with van der Waals surface area (Å²) in [5.41, 5.74) is 2.91. The van der Waals surface area contributed by atoms with Crippen molar-refractivity contribution in [2.24, 2.45) is 0 Å². The summed E-state index contributed by atoms with van der Waals surface area (Å²) in [4.78, 5) is 29.6. The molecule has 1 aromatic heterocycles. The number of imide groups is 1. The largest absolute Gasteiger partial charge is 0.440 e. The van der Waals surface area contributed by atoms with Crippen LogP contribution < -0.4 is 10.6 Å². The van der Waals surface area contributed by atoms with Gasteiger partial charge in [-0.1, -0.05) is 12.1 Å². The lowest BCUT2D eigenvalue weighted by molar-refractivity contribution is -0.120. The normalized spacial score (nSPS) is 16.1. The molecular weight excluding hydrogens is 320 g/mol. The maximum Gasteiger partial charge on any atom is 0.321 e. The number of hydrogen-bond acceptors (Lipinski definition) is 5. The number of benzene rings is 1. The lowest BCUT2D eigenvalue weighted by Crippen LogP contribution is -2.40. The summed E-state index contributed by atoms with van der Waals surface area (Å²) >= 11 is 0. The third kappa shape index (κ3) is 4.17. The van der Waals surface area contributed by atoms with Crippen molar-refractivity contribution in [1.29, 1.82) is 0 Å². The number of nitrogens with one attached hydrogen (secondary N) is 2. The summed E-state index contributed by atoms with van der Waals surface area (Å²) < 4.78 is 5.99. The Kier molecular flexibility index (Phi) is 5.33. The van der Waals surface area contributed by atoms with Gasteiger partial charge >= 0.3 is 6.03 Å². The predicted octanol–water partition coefficient (Wildman–Crippen LogP) is 2.16. The first-order valence-corrected chi connectivity index (χ1v) is 8.67.